The van der Waals surface area contributed by atoms with Crippen LogP contribution in [0.4, 0.5) is 0 Å². The Morgan fingerprint density at radius 2 is 2.05 bits per heavy atom. The minimum absolute atomic E-state index is 0.262. The van der Waals surface area contributed by atoms with E-state index in [2.05, 4.69) is 10.3 Å². The molecule has 3 N–H and O–H groups in total. The number of nitrogens with one attached hydrogen (secondary N) is 1. The third kappa shape index (κ3) is 3.09. The summed E-state index contributed by atoms with van der Waals surface area (Å²) in [4.78, 5) is 37.4. The van der Waals surface area contributed by atoms with Gasteiger partial charge in [0.25, 0.3) is 5.91 Å². The smallest absolute Gasteiger partial charge is 0.326 e. The molecule has 2 rings (SSSR count). The molecule has 7 nitrogen and oxygen atoms in total. The molecule has 0 aliphatic carbocycles. The predicted octanol–water partition coefficient (Wildman–Crippen LogP) is 0.954. The summed E-state index contributed by atoms with van der Waals surface area (Å²) in [6, 6.07) is 3.28. The van der Waals surface area contributed by atoms with Gasteiger partial charge >= 0.3 is 11.9 Å². The van der Waals surface area contributed by atoms with Crippen molar-refractivity contribution in [2.24, 2.45) is 0 Å². The number of amides is 1. The van der Waals surface area contributed by atoms with Gasteiger partial charge in [-0.2, -0.15) is 0 Å². The molecule has 1 amide bonds. The van der Waals surface area contributed by atoms with Crippen LogP contribution in [0.2, 0.25) is 0 Å². The molecule has 1 aromatic heterocycles. The molecule has 0 spiro atoms. The summed E-state index contributed by atoms with van der Waals surface area (Å²) in [7, 11) is 0. The molecule has 1 heterocycles. The average Bonchev–Trinajstić information content (AvgIpc) is 2.84. The summed E-state index contributed by atoms with van der Waals surface area (Å²) in [6.07, 6.45) is -0.677. The van der Waals surface area contributed by atoms with Gasteiger partial charge in [0.05, 0.1) is 22.1 Å². The van der Waals surface area contributed by atoms with E-state index >= 15 is 0 Å². The Bertz CT molecular complexity index is 681. The van der Waals surface area contributed by atoms with Crippen molar-refractivity contribution in [1.82, 2.24) is 10.3 Å². The number of hydrogen-bond acceptors (Lipinski definition) is 5. The van der Waals surface area contributed by atoms with Crippen LogP contribution in [0.5, 0.6) is 0 Å². The highest BCUT2D eigenvalue weighted by Crippen LogP contribution is 2.19. The van der Waals surface area contributed by atoms with Gasteiger partial charge in [0.15, 0.2) is 0 Å². The van der Waals surface area contributed by atoms with Gasteiger partial charge in [0.2, 0.25) is 0 Å². The lowest BCUT2D eigenvalue weighted by atomic mass is 10.1. The van der Waals surface area contributed by atoms with Gasteiger partial charge in [-0.25, -0.2) is 9.78 Å². The molecule has 0 aliphatic rings. The van der Waals surface area contributed by atoms with E-state index in [4.69, 9.17) is 10.2 Å². The fraction of sp³-hybridized carbons (Fsp3) is 0.167. The zero-order chi connectivity index (χ0) is 14.7. The first-order chi connectivity index (χ1) is 9.47. The van der Waals surface area contributed by atoms with E-state index in [1.807, 2.05) is 0 Å². The molecule has 0 saturated carbocycles. The molecule has 104 valence electrons. The molecule has 1 atom stereocenters. The van der Waals surface area contributed by atoms with E-state index in [0.29, 0.717) is 0 Å². The normalized spacial score (nSPS) is 12.0. The second-order valence-corrected chi connectivity index (χ2v) is 4.88. The van der Waals surface area contributed by atoms with E-state index in [0.717, 1.165) is 10.2 Å². The van der Waals surface area contributed by atoms with Crippen molar-refractivity contribution in [3.63, 3.8) is 0 Å². The van der Waals surface area contributed by atoms with Crippen LogP contribution >= 0.6 is 11.3 Å². The van der Waals surface area contributed by atoms with E-state index in [-0.39, 0.29) is 5.56 Å². The first-order valence-corrected chi connectivity index (χ1v) is 6.44. The van der Waals surface area contributed by atoms with E-state index in [1.165, 1.54) is 17.4 Å². The van der Waals surface area contributed by atoms with Crippen LogP contribution in [0.3, 0.4) is 0 Å². The molecular weight excluding hydrogens is 284 g/mol. The lowest BCUT2D eigenvalue weighted by molar-refractivity contribution is -0.145. The first kappa shape index (κ1) is 13.9. The number of aromatic nitrogens is 1. The average molecular weight is 294 g/mol. The largest absolute Gasteiger partial charge is 0.481 e. The van der Waals surface area contributed by atoms with Crippen LogP contribution in [0.25, 0.3) is 10.2 Å². The third-order valence-electron chi connectivity index (χ3n) is 2.58. The lowest BCUT2D eigenvalue weighted by Crippen LogP contribution is -2.42. The Kier molecular flexibility index (Phi) is 3.94. The van der Waals surface area contributed by atoms with Crippen LogP contribution in [0.15, 0.2) is 23.7 Å². The van der Waals surface area contributed by atoms with Crippen molar-refractivity contribution in [1.29, 1.82) is 0 Å². The molecule has 0 fully saturated rings. The Morgan fingerprint density at radius 1 is 1.30 bits per heavy atom. The number of benzene rings is 1. The van der Waals surface area contributed by atoms with Gasteiger partial charge in [-0.15, -0.1) is 11.3 Å². The second kappa shape index (κ2) is 5.66. The number of carbonyl (C=O) groups is 3. The summed E-state index contributed by atoms with van der Waals surface area (Å²) in [6.45, 7) is 0. The molecule has 0 radical (unpaired) electrons. The summed E-state index contributed by atoms with van der Waals surface area (Å²) < 4.78 is 0.794. The standard InChI is InChI=1S/C12H10N2O5S/c15-10(16)4-8(12(18)19)14-11(17)6-1-2-7-9(3-6)20-5-13-7/h1-3,5,8H,4H2,(H,14,17)(H,15,16)(H,18,19)/t8-/m1/s1. The number of hydrogen-bond donors (Lipinski definition) is 3. The SMILES string of the molecule is O=C(O)C[C@@H](NC(=O)c1ccc2ncsc2c1)C(=O)O. The summed E-state index contributed by atoms with van der Waals surface area (Å²) in [5.74, 6) is -3.32. The topological polar surface area (TPSA) is 117 Å². The van der Waals surface area contributed by atoms with Crippen molar-refractivity contribution >= 4 is 39.4 Å². The maximum atomic E-state index is 11.9. The quantitative estimate of drug-likeness (QED) is 0.756. The predicted molar refractivity (Wildman–Crippen MR) is 70.8 cm³/mol. The molecular formula is C12H10N2O5S. The number of carboxylic acid groups (broad SMARTS) is 2. The monoisotopic (exact) mass is 294 g/mol. The number of aliphatic carboxylic acids is 2. The van der Waals surface area contributed by atoms with Gasteiger partial charge in [-0.05, 0) is 18.2 Å². The van der Waals surface area contributed by atoms with Gasteiger partial charge in [0.1, 0.15) is 6.04 Å². The van der Waals surface area contributed by atoms with Crippen molar-refractivity contribution < 1.29 is 24.6 Å². The third-order valence-corrected chi connectivity index (χ3v) is 3.37. The maximum absolute atomic E-state index is 11.9. The minimum Gasteiger partial charge on any atom is -0.481 e. The molecule has 0 unspecified atom stereocenters. The molecule has 0 saturated heterocycles. The number of fused-ring (bicyclic) bond motifs is 1. The molecule has 0 bridgehead atoms. The van der Waals surface area contributed by atoms with Crippen LogP contribution in [-0.4, -0.2) is 39.1 Å². The fourth-order valence-corrected chi connectivity index (χ4v) is 2.33. The fourth-order valence-electron chi connectivity index (χ4n) is 1.61. The number of nitrogens with zero attached hydrogens (tertiary/aromatic N) is 1. The van der Waals surface area contributed by atoms with E-state index < -0.39 is 30.3 Å². The maximum Gasteiger partial charge on any atom is 0.326 e. The van der Waals surface area contributed by atoms with Crippen LogP contribution in [0, 0.1) is 0 Å². The van der Waals surface area contributed by atoms with Crippen LogP contribution < -0.4 is 5.32 Å². The van der Waals surface area contributed by atoms with Crippen molar-refractivity contribution in [2.75, 3.05) is 0 Å². The first-order valence-electron chi connectivity index (χ1n) is 5.56. The molecule has 2 aromatic rings. The highest BCUT2D eigenvalue weighted by Gasteiger charge is 2.23. The second-order valence-electron chi connectivity index (χ2n) is 4.00. The van der Waals surface area contributed by atoms with Crippen LogP contribution in [0.1, 0.15) is 16.8 Å². The summed E-state index contributed by atoms with van der Waals surface area (Å²) in [5.41, 5.74) is 2.64. The Labute approximate surface area is 116 Å². The Balaban J connectivity index is 2.17. The van der Waals surface area contributed by atoms with E-state index in [1.54, 1.807) is 17.6 Å². The number of thiazole rings is 1. The summed E-state index contributed by atoms with van der Waals surface area (Å²) >= 11 is 1.35. The van der Waals surface area contributed by atoms with Gasteiger partial charge < -0.3 is 15.5 Å². The zero-order valence-corrected chi connectivity index (χ0v) is 10.9. The minimum atomic E-state index is -1.46. The zero-order valence-electron chi connectivity index (χ0n) is 10.1. The van der Waals surface area contributed by atoms with Gasteiger partial charge in [0, 0.05) is 5.56 Å². The highest BCUT2D eigenvalue weighted by atomic mass is 32.1. The van der Waals surface area contributed by atoms with E-state index in [9.17, 15) is 14.4 Å². The summed E-state index contributed by atoms with van der Waals surface area (Å²) in [5, 5.41) is 19.7. The Morgan fingerprint density at radius 3 is 2.70 bits per heavy atom. The number of carbonyl (C=O) groups excluding carboxylic acids is 1. The molecule has 1 aromatic carbocycles. The Hall–Kier alpha value is -2.48. The molecule has 20 heavy (non-hydrogen) atoms. The van der Waals surface area contributed by atoms with Gasteiger partial charge in [-0.3, -0.25) is 9.59 Å². The lowest BCUT2D eigenvalue weighted by Gasteiger charge is -2.12. The molecule has 0 aliphatic heterocycles. The molecule has 8 heteroatoms. The highest BCUT2D eigenvalue weighted by molar-refractivity contribution is 7.16. The van der Waals surface area contributed by atoms with Crippen molar-refractivity contribution in [2.45, 2.75) is 12.5 Å². The number of rotatable bonds is 5. The number of carboxylic acids is 2. The van der Waals surface area contributed by atoms with Crippen molar-refractivity contribution in [3.05, 3.63) is 29.3 Å². The van der Waals surface area contributed by atoms with Crippen molar-refractivity contribution in [3.8, 4) is 0 Å². The van der Waals surface area contributed by atoms with Crippen LogP contribution in [-0.2, 0) is 9.59 Å². The van der Waals surface area contributed by atoms with Gasteiger partial charge in [-0.1, -0.05) is 0 Å².